The Morgan fingerprint density at radius 1 is 1.19 bits per heavy atom. The summed E-state index contributed by atoms with van der Waals surface area (Å²) in [6.45, 7) is 3.41. The van der Waals surface area contributed by atoms with Crippen molar-refractivity contribution >= 4 is 33.9 Å². The van der Waals surface area contributed by atoms with Gasteiger partial charge in [0.2, 0.25) is 15.9 Å². The number of hydrogen-bond acceptors (Lipinski definition) is 8. The number of hydroxylamine groups is 1. The van der Waals surface area contributed by atoms with Gasteiger partial charge in [0.1, 0.15) is 6.54 Å². The molecule has 0 radical (unpaired) electrons. The Bertz CT molecular complexity index is 1020. The second kappa shape index (κ2) is 14.8. The highest BCUT2D eigenvalue weighted by Gasteiger charge is 2.39. The van der Waals surface area contributed by atoms with Crippen molar-refractivity contribution in [3.8, 4) is 0 Å². The number of hydrazine groups is 1. The van der Waals surface area contributed by atoms with Gasteiger partial charge in [-0.1, -0.05) is 56.3 Å². The van der Waals surface area contributed by atoms with Crippen LogP contribution in [0.4, 0.5) is 0 Å². The van der Waals surface area contributed by atoms with E-state index in [-0.39, 0.29) is 18.8 Å². The second-order valence-electron chi connectivity index (χ2n) is 9.37. The molecule has 1 aliphatic rings. The molecule has 3 atom stereocenters. The zero-order valence-electron chi connectivity index (χ0n) is 21.5. The summed E-state index contributed by atoms with van der Waals surface area (Å²) >= 11 is 0. The van der Waals surface area contributed by atoms with Crippen LogP contribution in [0.25, 0.3) is 6.08 Å². The van der Waals surface area contributed by atoms with Gasteiger partial charge in [-0.3, -0.25) is 14.4 Å². The fraction of sp³-hybridized carbons (Fsp3) is 0.560. The highest BCUT2D eigenvalue weighted by molar-refractivity contribution is 7.88. The molecule has 1 heterocycles. The monoisotopic (exact) mass is 539 g/mol. The molecule has 11 nitrogen and oxygen atoms in total. The maximum atomic E-state index is 13.5. The summed E-state index contributed by atoms with van der Waals surface area (Å²) in [4.78, 5) is 43.4. The van der Waals surface area contributed by atoms with Gasteiger partial charge in [0, 0.05) is 13.0 Å². The Hall–Kier alpha value is -2.80. The lowest BCUT2D eigenvalue weighted by Crippen LogP contribution is -2.53. The number of benzene rings is 1. The van der Waals surface area contributed by atoms with Crippen molar-refractivity contribution in [3.63, 3.8) is 0 Å². The van der Waals surface area contributed by atoms with Crippen LogP contribution in [0.3, 0.4) is 0 Å². The average Bonchev–Trinajstić information content (AvgIpc) is 2.84. The predicted octanol–water partition coefficient (Wildman–Crippen LogP) is 2.32. The number of carbonyl (C=O) groups excluding carboxylic acids is 2. The highest BCUT2D eigenvalue weighted by atomic mass is 32.2. The zero-order valence-corrected chi connectivity index (χ0v) is 22.3. The van der Waals surface area contributed by atoms with Crippen LogP contribution >= 0.6 is 0 Å². The number of aliphatic carboxylic acids is 1. The number of hydrogen-bond donors (Lipinski definition) is 3. The Morgan fingerprint density at radius 2 is 1.89 bits per heavy atom. The maximum Gasteiger partial charge on any atom is 0.319 e. The smallest absolute Gasteiger partial charge is 0.319 e. The van der Waals surface area contributed by atoms with Crippen LogP contribution in [0.5, 0.6) is 0 Å². The fourth-order valence-electron chi connectivity index (χ4n) is 3.97. The predicted molar refractivity (Wildman–Crippen MR) is 137 cm³/mol. The van der Waals surface area contributed by atoms with E-state index in [1.807, 2.05) is 44.2 Å². The van der Waals surface area contributed by atoms with Crippen LogP contribution in [0.15, 0.2) is 36.4 Å². The van der Waals surface area contributed by atoms with Crippen LogP contribution in [0, 0.1) is 17.8 Å². The number of sulfonamides is 1. The molecule has 0 saturated carbocycles. The summed E-state index contributed by atoms with van der Waals surface area (Å²) in [5.41, 5.74) is 5.46. The van der Waals surface area contributed by atoms with E-state index in [0.717, 1.165) is 24.7 Å². The minimum Gasteiger partial charge on any atom is -0.480 e. The molecule has 0 spiro atoms. The molecule has 1 fully saturated rings. The summed E-state index contributed by atoms with van der Waals surface area (Å²) in [6, 6.07) is 9.37. The molecule has 2 amide bonds. The first-order valence-corrected chi connectivity index (χ1v) is 14.1. The zero-order chi connectivity index (χ0) is 27.4. The van der Waals surface area contributed by atoms with E-state index in [4.69, 9.17) is 14.7 Å². The summed E-state index contributed by atoms with van der Waals surface area (Å²) in [7, 11) is -4.18. The van der Waals surface area contributed by atoms with Crippen LogP contribution < -0.4 is 10.9 Å². The molecule has 206 valence electrons. The molecule has 1 unspecified atom stereocenters. The molecular formula is C25H37N3O8S. The number of rotatable bonds is 14. The summed E-state index contributed by atoms with van der Waals surface area (Å²) < 4.78 is 30.6. The molecule has 12 heteroatoms. The third-order valence-electron chi connectivity index (χ3n) is 5.70. The lowest BCUT2D eigenvalue weighted by molar-refractivity contribution is -0.203. The van der Waals surface area contributed by atoms with Crippen molar-refractivity contribution in [1.29, 1.82) is 0 Å². The Kier molecular flexibility index (Phi) is 12.2. The topological polar surface area (TPSA) is 151 Å². The molecule has 0 bridgehead atoms. The van der Waals surface area contributed by atoms with Crippen LogP contribution in [0.2, 0.25) is 0 Å². The van der Waals surface area contributed by atoms with Crippen LogP contribution in [-0.4, -0.2) is 61.4 Å². The van der Waals surface area contributed by atoms with Gasteiger partial charge in [-0.25, -0.2) is 24.2 Å². The first kappa shape index (κ1) is 30.4. The van der Waals surface area contributed by atoms with Gasteiger partial charge < -0.3 is 9.84 Å². The largest absolute Gasteiger partial charge is 0.480 e. The summed E-state index contributed by atoms with van der Waals surface area (Å²) in [5.74, 6) is -5.03. The number of nitrogens with zero attached hydrogens (tertiary/aromatic N) is 1. The van der Waals surface area contributed by atoms with Crippen LogP contribution in [-0.2, 0) is 34.0 Å². The molecule has 1 aliphatic heterocycles. The number of carboxylic acids is 1. The third-order valence-corrected chi connectivity index (χ3v) is 6.67. The molecule has 0 aliphatic carbocycles. The molecule has 2 rings (SSSR count). The molecule has 1 saturated heterocycles. The quantitative estimate of drug-likeness (QED) is 0.303. The lowest BCUT2D eigenvalue weighted by atomic mass is 9.82. The number of allylic oxidation sites excluding steroid dienone is 1. The Balaban J connectivity index is 2.34. The first-order valence-electron chi connectivity index (χ1n) is 12.3. The number of amides is 2. The van der Waals surface area contributed by atoms with Crippen LogP contribution in [0.1, 0.15) is 51.5 Å². The summed E-state index contributed by atoms with van der Waals surface area (Å²) in [5, 5.41) is 9.01. The van der Waals surface area contributed by atoms with E-state index in [9.17, 15) is 22.8 Å². The van der Waals surface area contributed by atoms with Crippen molar-refractivity contribution in [2.24, 2.45) is 17.8 Å². The van der Waals surface area contributed by atoms with Crippen molar-refractivity contribution in [2.45, 2.75) is 52.2 Å². The van der Waals surface area contributed by atoms with E-state index in [0.29, 0.717) is 17.4 Å². The van der Waals surface area contributed by atoms with Gasteiger partial charge in [0.15, 0.2) is 6.29 Å². The molecule has 37 heavy (non-hydrogen) atoms. The van der Waals surface area contributed by atoms with Gasteiger partial charge in [0.25, 0.3) is 5.91 Å². The van der Waals surface area contributed by atoms with Gasteiger partial charge >= 0.3 is 5.97 Å². The van der Waals surface area contributed by atoms with Crippen molar-refractivity contribution in [3.05, 3.63) is 42.0 Å². The van der Waals surface area contributed by atoms with Crippen molar-refractivity contribution in [1.82, 2.24) is 15.3 Å². The van der Waals surface area contributed by atoms with Gasteiger partial charge in [-0.05, 0) is 37.2 Å². The number of nitrogens with one attached hydrogen (secondary N) is 2. The molecule has 1 aromatic rings. The highest BCUT2D eigenvalue weighted by Crippen LogP contribution is 2.28. The van der Waals surface area contributed by atoms with E-state index in [2.05, 4.69) is 10.9 Å². The minimum atomic E-state index is -4.18. The van der Waals surface area contributed by atoms with Gasteiger partial charge in [-0.15, -0.1) is 0 Å². The molecular weight excluding hydrogens is 502 g/mol. The lowest BCUT2D eigenvalue weighted by Gasteiger charge is -2.31. The average molecular weight is 540 g/mol. The molecule has 1 aromatic carbocycles. The van der Waals surface area contributed by atoms with Crippen molar-refractivity contribution in [2.75, 3.05) is 19.4 Å². The maximum absolute atomic E-state index is 13.5. The van der Waals surface area contributed by atoms with E-state index in [1.165, 1.54) is 0 Å². The van der Waals surface area contributed by atoms with Crippen molar-refractivity contribution < 1.29 is 37.5 Å². The van der Waals surface area contributed by atoms with Gasteiger partial charge in [0.05, 0.1) is 18.1 Å². The number of carboxylic acid groups (broad SMARTS) is 1. The number of carbonyl (C=O) groups is 3. The summed E-state index contributed by atoms with van der Waals surface area (Å²) in [6.07, 6.45) is 6.40. The fourth-order valence-corrected chi connectivity index (χ4v) is 4.73. The SMILES string of the molecule is CC(C)C[C@@H](C(=O)N(NCC(=O)O)S(C)(=O)=O)[C@H](C/C=C/c1ccccc1)C(=O)NOC1CCCCO1. The van der Waals surface area contributed by atoms with Gasteiger partial charge in [-0.2, -0.15) is 4.41 Å². The minimum absolute atomic E-state index is 0.0779. The Morgan fingerprint density at radius 3 is 2.46 bits per heavy atom. The standard InChI is InChI=1S/C25H37N3O8S/c1-18(2)16-21(25(32)28(37(3,33)34)26-17-22(29)30)20(13-9-12-19-10-5-4-6-11-19)24(31)27-36-23-14-7-8-15-35-23/h4-6,9-12,18,20-21,23,26H,7-8,13-17H2,1-3H3,(H,27,31)(H,29,30)/b12-9+/t20-,21+,23?/m0/s1. The Labute approximate surface area is 218 Å². The molecule has 0 aromatic heterocycles. The van der Waals surface area contributed by atoms with E-state index < -0.39 is 52.5 Å². The third kappa shape index (κ3) is 10.6. The molecule has 3 N–H and O–H groups in total. The second-order valence-corrected chi connectivity index (χ2v) is 11.2. The first-order chi connectivity index (χ1) is 17.5. The van der Waals surface area contributed by atoms with E-state index in [1.54, 1.807) is 12.2 Å². The normalized spacial score (nSPS) is 17.9. The number of ether oxygens (including phenoxy) is 1. The van der Waals surface area contributed by atoms with E-state index >= 15 is 0 Å².